The molecule has 0 unspecified atom stereocenters. The highest BCUT2D eigenvalue weighted by molar-refractivity contribution is 7.99. The molecule has 1 aliphatic heterocycles. The van der Waals surface area contributed by atoms with Gasteiger partial charge in [0, 0.05) is 17.4 Å². The first-order valence-corrected chi connectivity index (χ1v) is 7.76. The van der Waals surface area contributed by atoms with E-state index in [2.05, 4.69) is 31.3 Å². The van der Waals surface area contributed by atoms with Crippen molar-refractivity contribution < 1.29 is 4.74 Å². The number of hydrogen-bond acceptors (Lipinski definition) is 3. The molecule has 1 atom stereocenters. The van der Waals surface area contributed by atoms with Gasteiger partial charge in [-0.25, -0.2) is 0 Å². The molecule has 1 aliphatic rings. The second kappa shape index (κ2) is 6.48. The summed E-state index contributed by atoms with van der Waals surface area (Å²) in [5.74, 6) is 2.78. The van der Waals surface area contributed by atoms with E-state index in [0.29, 0.717) is 5.92 Å². The molecular weight excluding hydrogens is 242 g/mol. The molecule has 1 N–H and O–H groups in total. The van der Waals surface area contributed by atoms with Crippen molar-refractivity contribution in [1.82, 2.24) is 5.32 Å². The van der Waals surface area contributed by atoms with Gasteiger partial charge in [0.15, 0.2) is 0 Å². The van der Waals surface area contributed by atoms with Gasteiger partial charge in [0.25, 0.3) is 0 Å². The molecule has 100 valence electrons. The number of ether oxygens (including phenoxy) is 1. The summed E-state index contributed by atoms with van der Waals surface area (Å²) >= 11 is 1.92. The van der Waals surface area contributed by atoms with Gasteiger partial charge < -0.3 is 10.1 Å². The SMILES string of the molecule is CCSc1cc([C@@H]2CCCNC2)c(OC)cc1C. The zero-order chi connectivity index (χ0) is 13.0. The molecule has 1 aromatic carbocycles. The number of benzene rings is 1. The zero-order valence-corrected chi connectivity index (χ0v) is 12.4. The van der Waals surface area contributed by atoms with Crippen LogP contribution in [0.25, 0.3) is 0 Å². The summed E-state index contributed by atoms with van der Waals surface area (Å²) in [6, 6.07) is 4.54. The molecule has 0 bridgehead atoms. The molecule has 0 radical (unpaired) electrons. The van der Waals surface area contributed by atoms with Crippen molar-refractivity contribution in [1.29, 1.82) is 0 Å². The molecule has 0 aliphatic carbocycles. The normalized spacial score (nSPS) is 19.8. The number of nitrogens with one attached hydrogen (secondary N) is 1. The van der Waals surface area contributed by atoms with Crippen LogP contribution in [0.15, 0.2) is 17.0 Å². The maximum Gasteiger partial charge on any atom is 0.122 e. The monoisotopic (exact) mass is 265 g/mol. The lowest BCUT2D eigenvalue weighted by molar-refractivity contribution is 0.391. The van der Waals surface area contributed by atoms with Crippen LogP contribution in [0.3, 0.4) is 0 Å². The molecule has 1 saturated heterocycles. The number of hydrogen-bond donors (Lipinski definition) is 1. The second-order valence-corrected chi connectivity index (χ2v) is 6.14. The Labute approximate surface area is 114 Å². The maximum atomic E-state index is 5.58. The summed E-state index contributed by atoms with van der Waals surface area (Å²) in [6.45, 7) is 6.61. The molecule has 18 heavy (non-hydrogen) atoms. The Bertz CT molecular complexity index is 400. The summed E-state index contributed by atoms with van der Waals surface area (Å²) < 4.78 is 5.58. The van der Waals surface area contributed by atoms with Crippen LogP contribution in [-0.4, -0.2) is 26.0 Å². The van der Waals surface area contributed by atoms with E-state index in [4.69, 9.17) is 4.74 Å². The first-order valence-electron chi connectivity index (χ1n) is 6.78. The summed E-state index contributed by atoms with van der Waals surface area (Å²) in [4.78, 5) is 1.40. The van der Waals surface area contributed by atoms with Crippen molar-refractivity contribution in [3.05, 3.63) is 23.3 Å². The molecule has 1 fully saturated rings. The maximum absolute atomic E-state index is 5.58. The third-order valence-electron chi connectivity index (χ3n) is 3.56. The molecule has 1 heterocycles. The van der Waals surface area contributed by atoms with Crippen molar-refractivity contribution in [2.24, 2.45) is 0 Å². The Kier molecular flexibility index (Phi) is 4.95. The Morgan fingerprint density at radius 2 is 2.28 bits per heavy atom. The number of methoxy groups -OCH3 is 1. The van der Waals surface area contributed by atoms with Gasteiger partial charge in [-0.05, 0) is 55.3 Å². The minimum Gasteiger partial charge on any atom is -0.496 e. The van der Waals surface area contributed by atoms with Gasteiger partial charge in [-0.15, -0.1) is 11.8 Å². The second-order valence-electron chi connectivity index (χ2n) is 4.84. The van der Waals surface area contributed by atoms with Gasteiger partial charge in [-0.3, -0.25) is 0 Å². The Balaban J connectivity index is 2.33. The van der Waals surface area contributed by atoms with E-state index in [1.54, 1.807) is 7.11 Å². The van der Waals surface area contributed by atoms with Gasteiger partial charge in [0.05, 0.1) is 7.11 Å². The van der Waals surface area contributed by atoms with Crippen LogP contribution >= 0.6 is 11.8 Å². The lowest BCUT2D eigenvalue weighted by Gasteiger charge is -2.25. The predicted octanol–water partition coefficient (Wildman–Crippen LogP) is 3.58. The summed E-state index contributed by atoms with van der Waals surface area (Å²) in [6.07, 6.45) is 2.53. The summed E-state index contributed by atoms with van der Waals surface area (Å²) in [5.41, 5.74) is 2.71. The average Bonchev–Trinajstić information content (AvgIpc) is 2.42. The molecule has 0 amide bonds. The number of thioether (sulfide) groups is 1. The fraction of sp³-hybridized carbons (Fsp3) is 0.600. The fourth-order valence-corrected chi connectivity index (χ4v) is 3.41. The largest absolute Gasteiger partial charge is 0.496 e. The fourth-order valence-electron chi connectivity index (χ4n) is 2.60. The van der Waals surface area contributed by atoms with Gasteiger partial charge >= 0.3 is 0 Å². The number of aryl methyl sites for hydroxylation is 1. The van der Waals surface area contributed by atoms with Crippen molar-refractivity contribution in [2.45, 2.75) is 37.5 Å². The lowest BCUT2D eigenvalue weighted by atomic mass is 9.90. The minimum atomic E-state index is 0.602. The minimum absolute atomic E-state index is 0.602. The van der Waals surface area contributed by atoms with Gasteiger partial charge in [-0.1, -0.05) is 6.92 Å². The van der Waals surface area contributed by atoms with E-state index in [-0.39, 0.29) is 0 Å². The van der Waals surface area contributed by atoms with E-state index in [0.717, 1.165) is 24.6 Å². The third-order valence-corrected chi connectivity index (χ3v) is 4.60. The molecule has 0 saturated carbocycles. The summed E-state index contributed by atoms with van der Waals surface area (Å²) in [5, 5.41) is 3.49. The van der Waals surface area contributed by atoms with Crippen LogP contribution in [-0.2, 0) is 0 Å². The molecule has 2 nitrogen and oxygen atoms in total. The van der Waals surface area contributed by atoms with Gasteiger partial charge in [-0.2, -0.15) is 0 Å². The average molecular weight is 265 g/mol. The molecule has 0 aromatic heterocycles. The third kappa shape index (κ3) is 3.01. The molecular formula is C15H23NOS. The predicted molar refractivity (Wildman–Crippen MR) is 79.0 cm³/mol. The zero-order valence-electron chi connectivity index (χ0n) is 11.6. The number of piperidine rings is 1. The molecule has 1 aromatic rings. The van der Waals surface area contributed by atoms with Crippen LogP contribution in [0.5, 0.6) is 5.75 Å². The highest BCUT2D eigenvalue weighted by Gasteiger charge is 2.20. The van der Waals surface area contributed by atoms with Crippen molar-refractivity contribution in [3.63, 3.8) is 0 Å². The van der Waals surface area contributed by atoms with Crippen molar-refractivity contribution in [2.75, 3.05) is 26.0 Å². The first kappa shape index (κ1) is 13.8. The topological polar surface area (TPSA) is 21.3 Å². The quantitative estimate of drug-likeness (QED) is 0.841. The lowest BCUT2D eigenvalue weighted by Crippen LogP contribution is -2.28. The van der Waals surface area contributed by atoms with Gasteiger partial charge in [0.2, 0.25) is 0 Å². The highest BCUT2D eigenvalue weighted by atomic mass is 32.2. The number of rotatable bonds is 4. The van der Waals surface area contributed by atoms with E-state index < -0.39 is 0 Å². The van der Waals surface area contributed by atoms with E-state index in [9.17, 15) is 0 Å². The van der Waals surface area contributed by atoms with Crippen LogP contribution < -0.4 is 10.1 Å². The van der Waals surface area contributed by atoms with Crippen LogP contribution in [0.1, 0.15) is 36.8 Å². The smallest absolute Gasteiger partial charge is 0.122 e. The standard InChI is InChI=1S/C15H23NOS/c1-4-18-15-9-13(12-6-5-7-16-10-12)14(17-3)8-11(15)2/h8-9,12,16H,4-7,10H2,1-3H3/t12-/m1/s1. The Hall–Kier alpha value is -0.670. The first-order chi connectivity index (χ1) is 8.76. The summed E-state index contributed by atoms with van der Waals surface area (Å²) in [7, 11) is 1.78. The van der Waals surface area contributed by atoms with Crippen LogP contribution in [0.4, 0.5) is 0 Å². The van der Waals surface area contributed by atoms with Gasteiger partial charge in [0.1, 0.15) is 5.75 Å². The molecule has 3 heteroatoms. The van der Waals surface area contributed by atoms with Crippen LogP contribution in [0.2, 0.25) is 0 Å². The van der Waals surface area contributed by atoms with E-state index >= 15 is 0 Å². The van der Waals surface area contributed by atoms with Crippen LogP contribution in [0, 0.1) is 6.92 Å². The van der Waals surface area contributed by atoms with E-state index in [1.165, 1.54) is 28.9 Å². The van der Waals surface area contributed by atoms with Crippen molar-refractivity contribution >= 4 is 11.8 Å². The Morgan fingerprint density at radius 1 is 1.44 bits per heavy atom. The Morgan fingerprint density at radius 3 is 2.89 bits per heavy atom. The van der Waals surface area contributed by atoms with E-state index in [1.807, 2.05) is 11.8 Å². The van der Waals surface area contributed by atoms with Crippen molar-refractivity contribution in [3.8, 4) is 5.75 Å². The molecule has 2 rings (SSSR count). The molecule has 0 spiro atoms. The highest BCUT2D eigenvalue weighted by Crippen LogP contribution is 2.36.